The van der Waals surface area contributed by atoms with Crippen LogP contribution in [-0.2, 0) is 4.74 Å². The highest BCUT2D eigenvalue weighted by atomic mass is 16.6. The van der Waals surface area contributed by atoms with Gasteiger partial charge in [-0.15, -0.1) is 0 Å². The number of hydrogen-bond donors (Lipinski definition) is 1. The second-order valence-electron chi connectivity index (χ2n) is 7.88. The molecular formula is C20H27N3O2. The van der Waals surface area contributed by atoms with Crippen molar-refractivity contribution >= 4 is 22.6 Å². The number of allylic oxidation sites excluding steroid dienone is 1. The van der Waals surface area contributed by atoms with Crippen molar-refractivity contribution in [1.29, 1.82) is 0 Å². The van der Waals surface area contributed by atoms with Crippen LogP contribution in [0, 0.1) is 0 Å². The summed E-state index contributed by atoms with van der Waals surface area (Å²) < 4.78 is 5.46. The molecule has 5 heteroatoms. The average Bonchev–Trinajstić information content (AvgIpc) is 2.96. The van der Waals surface area contributed by atoms with Crippen LogP contribution in [0.2, 0.25) is 0 Å². The minimum absolute atomic E-state index is 0.218. The van der Waals surface area contributed by atoms with Crippen LogP contribution < -0.4 is 0 Å². The fourth-order valence-corrected chi connectivity index (χ4v) is 3.30. The van der Waals surface area contributed by atoms with Gasteiger partial charge in [0.1, 0.15) is 5.60 Å². The van der Waals surface area contributed by atoms with Crippen LogP contribution in [0.1, 0.15) is 57.7 Å². The lowest BCUT2D eigenvalue weighted by molar-refractivity contribution is 0.0204. The molecule has 0 aromatic carbocycles. The van der Waals surface area contributed by atoms with Crippen LogP contribution in [0.4, 0.5) is 4.79 Å². The van der Waals surface area contributed by atoms with Gasteiger partial charge < -0.3 is 14.6 Å². The standard InChI is InChI=1S/C20H27N3O2/c1-13(2)16-11-21-18-12-22-17(10-15(16)18)14-6-8-23(9-7-14)19(24)25-20(3,4)5/h10-12,14,21H,1,6-9H2,2-5H3. The summed E-state index contributed by atoms with van der Waals surface area (Å²) in [6, 6.07) is 2.17. The Hall–Kier alpha value is -2.30. The molecule has 1 aliphatic rings. The van der Waals surface area contributed by atoms with E-state index in [2.05, 4.69) is 22.6 Å². The molecular weight excluding hydrogens is 314 g/mol. The number of ether oxygens (including phenoxy) is 1. The number of carbonyl (C=O) groups excluding carboxylic acids is 1. The quantitative estimate of drug-likeness (QED) is 0.860. The highest BCUT2D eigenvalue weighted by Gasteiger charge is 2.28. The molecule has 0 radical (unpaired) electrons. The van der Waals surface area contributed by atoms with Crippen LogP contribution in [0.15, 0.2) is 25.0 Å². The van der Waals surface area contributed by atoms with E-state index in [1.807, 2.05) is 40.1 Å². The number of aromatic nitrogens is 2. The number of nitrogens with one attached hydrogen (secondary N) is 1. The number of pyridine rings is 1. The molecule has 2 aromatic rings. The Morgan fingerprint density at radius 3 is 2.64 bits per heavy atom. The number of nitrogens with zero attached hydrogens (tertiary/aromatic N) is 2. The molecule has 25 heavy (non-hydrogen) atoms. The monoisotopic (exact) mass is 341 g/mol. The van der Waals surface area contributed by atoms with Gasteiger partial charge in [-0.05, 0) is 52.2 Å². The first-order chi connectivity index (χ1) is 11.7. The Bertz CT molecular complexity index is 793. The van der Waals surface area contributed by atoms with E-state index in [0.717, 1.165) is 35.2 Å². The number of aromatic amines is 1. The molecule has 1 fully saturated rings. The molecule has 0 unspecified atom stereocenters. The van der Waals surface area contributed by atoms with E-state index in [9.17, 15) is 4.79 Å². The molecule has 5 nitrogen and oxygen atoms in total. The third-order valence-electron chi connectivity index (χ3n) is 4.61. The highest BCUT2D eigenvalue weighted by molar-refractivity contribution is 5.91. The van der Waals surface area contributed by atoms with Crippen molar-refractivity contribution in [3.05, 3.63) is 36.3 Å². The molecule has 0 spiro atoms. The second kappa shape index (κ2) is 6.54. The van der Waals surface area contributed by atoms with Gasteiger partial charge in [-0.1, -0.05) is 6.58 Å². The lowest BCUT2D eigenvalue weighted by Gasteiger charge is -2.33. The van der Waals surface area contributed by atoms with Gasteiger partial charge in [-0.2, -0.15) is 0 Å². The zero-order valence-corrected chi connectivity index (χ0v) is 15.6. The van der Waals surface area contributed by atoms with Crippen molar-refractivity contribution in [3.63, 3.8) is 0 Å². The van der Waals surface area contributed by atoms with Gasteiger partial charge in [0.15, 0.2) is 0 Å². The Kier molecular flexibility index (Phi) is 4.58. The maximum Gasteiger partial charge on any atom is 0.410 e. The van der Waals surface area contributed by atoms with E-state index in [1.165, 1.54) is 5.39 Å². The van der Waals surface area contributed by atoms with Gasteiger partial charge in [0.05, 0.1) is 11.7 Å². The lowest BCUT2D eigenvalue weighted by atomic mass is 9.92. The summed E-state index contributed by atoms with van der Waals surface area (Å²) in [5.74, 6) is 0.371. The van der Waals surface area contributed by atoms with Gasteiger partial charge >= 0.3 is 6.09 Å². The van der Waals surface area contributed by atoms with Crippen molar-refractivity contribution < 1.29 is 9.53 Å². The van der Waals surface area contributed by atoms with Gasteiger partial charge in [-0.3, -0.25) is 4.98 Å². The van der Waals surface area contributed by atoms with Gasteiger partial charge in [0, 0.05) is 41.8 Å². The summed E-state index contributed by atoms with van der Waals surface area (Å²) in [5.41, 5.74) is 3.87. The van der Waals surface area contributed by atoms with Gasteiger partial charge in [0.25, 0.3) is 0 Å². The van der Waals surface area contributed by atoms with E-state index in [0.29, 0.717) is 19.0 Å². The summed E-state index contributed by atoms with van der Waals surface area (Å²) >= 11 is 0. The van der Waals surface area contributed by atoms with Crippen LogP contribution >= 0.6 is 0 Å². The Balaban J connectivity index is 1.71. The van der Waals surface area contributed by atoms with E-state index in [-0.39, 0.29) is 6.09 Å². The Morgan fingerprint density at radius 1 is 1.36 bits per heavy atom. The predicted molar refractivity (Wildman–Crippen MR) is 101 cm³/mol. The number of rotatable bonds is 2. The molecule has 3 rings (SSSR count). The third-order valence-corrected chi connectivity index (χ3v) is 4.61. The van der Waals surface area contributed by atoms with E-state index in [4.69, 9.17) is 4.74 Å². The summed E-state index contributed by atoms with van der Waals surface area (Å²) in [6.07, 6.45) is 5.49. The van der Waals surface area contributed by atoms with Crippen molar-refractivity contribution in [2.24, 2.45) is 0 Å². The third kappa shape index (κ3) is 3.86. The minimum Gasteiger partial charge on any atom is -0.444 e. The summed E-state index contributed by atoms with van der Waals surface area (Å²) in [5, 5.41) is 1.17. The number of hydrogen-bond acceptors (Lipinski definition) is 3. The fourth-order valence-electron chi connectivity index (χ4n) is 3.30. The van der Waals surface area contributed by atoms with Crippen molar-refractivity contribution in [3.8, 4) is 0 Å². The molecule has 0 saturated carbocycles. The minimum atomic E-state index is -0.451. The number of fused-ring (bicyclic) bond motifs is 1. The molecule has 2 aromatic heterocycles. The Morgan fingerprint density at radius 2 is 2.04 bits per heavy atom. The number of likely N-dealkylation sites (tertiary alicyclic amines) is 1. The van der Waals surface area contributed by atoms with Crippen molar-refractivity contribution in [1.82, 2.24) is 14.9 Å². The summed E-state index contributed by atoms with van der Waals surface area (Å²) in [6.45, 7) is 13.2. The van der Waals surface area contributed by atoms with E-state index in [1.54, 1.807) is 4.90 Å². The number of amides is 1. The molecule has 0 bridgehead atoms. The summed E-state index contributed by atoms with van der Waals surface area (Å²) in [7, 11) is 0. The first-order valence-corrected chi connectivity index (χ1v) is 8.85. The molecule has 3 heterocycles. The topological polar surface area (TPSA) is 58.2 Å². The smallest absolute Gasteiger partial charge is 0.410 e. The van der Waals surface area contributed by atoms with E-state index >= 15 is 0 Å². The highest BCUT2D eigenvalue weighted by Crippen LogP contribution is 2.31. The SMILES string of the molecule is C=C(C)c1c[nH]c2cnc(C3CCN(C(=O)OC(C)(C)C)CC3)cc12. The average molecular weight is 341 g/mol. The number of carbonyl (C=O) groups is 1. The lowest BCUT2D eigenvalue weighted by Crippen LogP contribution is -2.41. The first-order valence-electron chi connectivity index (χ1n) is 8.85. The number of piperidine rings is 1. The zero-order chi connectivity index (χ0) is 18.2. The molecule has 1 N–H and O–H groups in total. The molecule has 1 aliphatic heterocycles. The van der Waals surface area contributed by atoms with Gasteiger partial charge in [-0.25, -0.2) is 4.79 Å². The number of H-pyrrole nitrogens is 1. The zero-order valence-electron chi connectivity index (χ0n) is 15.6. The predicted octanol–water partition coefficient (Wildman–Crippen LogP) is 4.71. The van der Waals surface area contributed by atoms with Gasteiger partial charge in [0.2, 0.25) is 0 Å². The van der Waals surface area contributed by atoms with Crippen LogP contribution in [0.3, 0.4) is 0 Å². The molecule has 0 aliphatic carbocycles. The fraction of sp³-hybridized carbons (Fsp3) is 0.500. The normalized spacial score (nSPS) is 16.2. The molecule has 1 saturated heterocycles. The van der Waals surface area contributed by atoms with Crippen molar-refractivity contribution in [2.45, 2.75) is 52.1 Å². The second-order valence-corrected chi connectivity index (χ2v) is 7.88. The molecule has 134 valence electrons. The summed E-state index contributed by atoms with van der Waals surface area (Å²) in [4.78, 5) is 21.9. The van der Waals surface area contributed by atoms with E-state index < -0.39 is 5.60 Å². The Labute approximate surface area is 149 Å². The molecule has 1 amide bonds. The van der Waals surface area contributed by atoms with Crippen LogP contribution in [0.5, 0.6) is 0 Å². The first kappa shape index (κ1) is 17.5. The van der Waals surface area contributed by atoms with Crippen molar-refractivity contribution in [2.75, 3.05) is 13.1 Å². The maximum absolute atomic E-state index is 12.2. The largest absolute Gasteiger partial charge is 0.444 e. The maximum atomic E-state index is 12.2. The molecule has 0 atom stereocenters. The van der Waals surface area contributed by atoms with Crippen LogP contribution in [0.25, 0.3) is 16.5 Å². The van der Waals surface area contributed by atoms with Crippen LogP contribution in [-0.4, -0.2) is 39.7 Å².